The maximum atomic E-state index is 12.7. The highest BCUT2D eigenvalue weighted by atomic mass is 16.1. The van der Waals surface area contributed by atoms with Crippen molar-refractivity contribution in [2.24, 2.45) is 5.73 Å². The van der Waals surface area contributed by atoms with Crippen molar-refractivity contribution in [3.05, 3.63) is 100 Å². The van der Waals surface area contributed by atoms with Crippen molar-refractivity contribution in [2.75, 3.05) is 38.1 Å². The summed E-state index contributed by atoms with van der Waals surface area (Å²) in [5.74, 6) is 0.502. The number of benzene rings is 2. The molecule has 7 heteroatoms. The van der Waals surface area contributed by atoms with Crippen molar-refractivity contribution in [1.82, 2.24) is 19.4 Å². The molecule has 3 heterocycles. The van der Waals surface area contributed by atoms with Crippen LogP contribution in [-0.2, 0) is 6.54 Å². The number of nitrogens with zero attached hydrogens (tertiary/aromatic N) is 5. The Morgan fingerprint density at radius 3 is 2.39 bits per heavy atom. The van der Waals surface area contributed by atoms with Gasteiger partial charge in [-0.2, -0.15) is 0 Å². The fourth-order valence-corrected chi connectivity index (χ4v) is 4.26. The lowest BCUT2D eigenvalue weighted by atomic mass is 10.1. The molecular formula is C26H28N6O. The highest BCUT2D eigenvalue weighted by Gasteiger charge is 2.17. The topological polar surface area (TPSA) is 80.3 Å². The molecule has 1 atom stereocenters. The monoisotopic (exact) mass is 440 g/mol. The van der Waals surface area contributed by atoms with Crippen molar-refractivity contribution >= 4 is 16.7 Å². The molecule has 7 nitrogen and oxygen atoms in total. The van der Waals surface area contributed by atoms with E-state index in [1.54, 1.807) is 22.9 Å². The van der Waals surface area contributed by atoms with Gasteiger partial charge in [-0.05, 0) is 36.4 Å². The fourth-order valence-electron chi connectivity index (χ4n) is 4.26. The Morgan fingerprint density at radius 1 is 0.939 bits per heavy atom. The second-order valence-electron chi connectivity index (χ2n) is 8.61. The van der Waals surface area contributed by atoms with Crippen molar-refractivity contribution in [3.63, 3.8) is 0 Å². The summed E-state index contributed by atoms with van der Waals surface area (Å²) in [6.45, 7) is 4.62. The van der Waals surface area contributed by atoms with Gasteiger partial charge in [0.1, 0.15) is 5.65 Å². The Labute approximate surface area is 193 Å². The number of hydrogen-bond acceptors (Lipinski definition) is 6. The predicted octanol–water partition coefficient (Wildman–Crippen LogP) is 2.64. The van der Waals surface area contributed by atoms with E-state index in [9.17, 15) is 4.79 Å². The number of anilines is 1. The van der Waals surface area contributed by atoms with Crippen molar-refractivity contribution in [3.8, 4) is 0 Å². The Hall–Kier alpha value is -3.55. The number of rotatable bonds is 5. The Balaban J connectivity index is 1.43. The molecule has 1 unspecified atom stereocenters. The number of likely N-dealkylation sites (N-methyl/N-ethyl adjacent to an activating group) is 1. The lowest BCUT2D eigenvalue weighted by molar-refractivity contribution is 0.313. The maximum absolute atomic E-state index is 12.7. The molecule has 0 saturated carbocycles. The van der Waals surface area contributed by atoms with Crippen LogP contribution in [0.5, 0.6) is 0 Å². The van der Waals surface area contributed by atoms with Crippen LogP contribution in [0.1, 0.15) is 23.0 Å². The molecule has 0 aliphatic carbocycles. The van der Waals surface area contributed by atoms with Gasteiger partial charge in [0.05, 0.1) is 12.6 Å². The van der Waals surface area contributed by atoms with E-state index in [4.69, 9.17) is 10.7 Å². The van der Waals surface area contributed by atoms with E-state index in [0.717, 1.165) is 42.7 Å². The minimum Gasteiger partial charge on any atom is -0.369 e. The van der Waals surface area contributed by atoms with Gasteiger partial charge in [-0.25, -0.2) is 9.97 Å². The Morgan fingerprint density at radius 2 is 1.67 bits per heavy atom. The number of aromatic nitrogens is 3. The summed E-state index contributed by atoms with van der Waals surface area (Å²) < 4.78 is 1.68. The van der Waals surface area contributed by atoms with Crippen molar-refractivity contribution < 1.29 is 0 Å². The summed E-state index contributed by atoms with van der Waals surface area (Å²) in [6.07, 6.45) is 1.75. The van der Waals surface area contributed by atoms with Gasteiger partial charge >= 0.3 is 0 Å². The van der Waals surface area contributed by atoms with E-state index in [1.165, 1.54) is 5.69 Å². The fraction of sp³-hybridized carbons (Fsp3) is 0.269. The average molecular weight is 441 g/mol. The summed E-state index contributed by atoms with van der Waals surface area (Å²) in [7, 11) is 2.16. The standard InChI is InChI=1S/C26H28N6O/c1-30-13-15-31(16-14-30)22-10-7-20(8-11-22)24(27)25-28-17-21-9-12-23(33)32(26(21)29-25)18-19-5-3-2-4-6-19/h2-12,17,24H,13-16,18,27H2,1H3. The molecule has 2 aromatic heterocycles. The minimum absolute atomic E-state index is 0.0962. The van der Waals surface area contributed by atoms with Gasteiger partial charge in [-0.15, -0.1) is 0 Å². The van der Waals surface area contributed by atoms with Gasteiger partial charge in [0, 0.05) is 49.5 Å². The largest absolute Gasteiger partial charge is 0.369 e. The molecule has 33 heavy (non-hydrogen) atoms. The molecule has 0 bridgehead atoms. The molecular weight excluding hydrogens is 412 g/mol. The molecule has 2 aromatic carbocycles. The maximum Gasteiger partial charge on any atom is 0.252 e. The average Bonchev–Trinajstić information content (AvgIpc) is 2.86. The first-order valence-corrected chi connectivity index (χ1v) is 11.3. The summed E-state index contributed by atoms with van der Waals surface area (Å²) >= 11 is 0. The molecule has 1 fully saturated rings. The molecule has 1 aliphatic rings. The van der Waals surface area contributed by atoms with Gasteiger partial charge in [0.15, 0.2) is 5.82 Å². The van der Waals surface area contributed by atoms with E-state index in [1.807, 2.05) is 42.5 Å². The van der Waals surface area contributed by atoms with Crippen LogP contribution in [0.25, 0.3) is 11.0 Å². The molecule has 0 radical (unpaired) electrons. The van der Waals surface area contributed by atoms with E-state index in [0.29, 0.717) is 18.0 Å². The third-order valence-corrected chi connectivity index (χ3v) is 6.32. The number of fused-ring (bicyclic) bond motifs is 1. The number of pyridine rings is 1. The Bertz CT molecular complexity index is 1290. The predicted molar refractivity (Wildman–Crippen MR) is 132 cm³/mol. The number of piperazine rings is 1. The highest BCUT2D eigenvalue weighted by Crippen LogP contribution is 2.23. The zero-order chi connectivity index (χ0) is 22.8. The molecule has 0 amide bonds. The highest BCUT2D eigenvalue weighted by molar-refractivity contribution is 5.74. The lowest BCUT2D eigenvalue weighted by Gasteiger charge is -2.34. The van der Waals surface area contributed by atoms with Crippen LogP contribution >= 0.6 is 0 Å². The van der Waals surface area contributed by atoms with Crippen LogP contribution < -0.4 is 16.2 Å². The Kier molecular flexibility index (Phi) is 5.90. The van der Waals surface area contributed by atoms with Gasteiger partial charge in [0.2, 0.25) is 0 Å². The summed E-state index contributed by atoms with van der Waals surface area (Å²) in [5.41, 5.74) is 10.3. The molecule has 4 aromatic rings. The van der Waals surface area contributed by atoms with E-state index in [2.05, 4.69) is 34.0 Å². The molecule has 1 saturated heterocycles. The minimum atomic E-state index is -0.476. The van der Waals surface area contributed by atoms with E-state index in [-0.39, 0.29) is 5.56 Å². The van der Waals surface area contributed by atoms with Crippen molar-refractivity contribution in [2.45, 2.75) is 12.6 Å². The summed E-state index contributed by atoms with van der Waals surface area (Å²) in [5, 5.41) is 0.812. The normalized spacial score (nSPS) is 15.6. The smallest absolute Gasteiger partial charge is 0.252 e. The van der Waals surface area contributed by atoms with Crippen LogP contribution in [0.15, 0.2) is 77.7 Å². The van der Waals surface area contributed by atoms with Crippen LogP contribution in [0.4, 0.5) is 5.69 Å². The van der Waals surface area contributed by atoms with Crippen LogP contribution in [0.3, 0.4) is 0 Å². The van der Waals surface area contributed by atoms with Crippen LogP contribution in [0.2, 0.25) is 0 Å². The lowest BCUT2D eigenvalue weighted by Crippen LogP contribution is -2.44. The first-order valence-electron chi connectivity index (χ1n) is 11.3. The molecule has 1 aliphatic heterocycles. The summed E-state index contributed by atoms with van der Waals surface area (Å²) in [6, 6.07) is 21.1. The number of nitrogens with two attached hydrogens (primary N) is 1. The molecule has 5 rings (SSSR count). The number of hydrogen-bond donors (Lipinski definition) is 1. The second kappa shape index (κ2) is 9.13. The second-order valence-corrected chi connectivity index (χ2v) is 8.61. The van der Waals surface area contributed by atoms with E-state index < -0.39 is 6.04 Å². The SMILES string of the molecule is CN1CCN(c2ccc(C(N)c3ncc4ccc(=O)n(Cc5ccccc5)c4n3)cc2)CC1. The molecule has 0 spiro atoms. The third kappa shape index (κ3) is 4.51. The van der Waals surface area contributed by atoms with Gasteiger partial charge in [-0.3, -0.25) is 9.36 Å². The van der Waals surface area contributed by atoms with Gasteiger partial charge in [0.25, 0.3) is 5.56 Å². The molecule has 168 valence electrons. The van der Waals surface area contributed by atoms with Crippen molar-refractivity contribution in [1.29, 1.82) is 0 Å². The molecule has 2 N–H and O–H groups in total. The zero-order valence-electron chi connectivity index (χ0n) is 18.8. The van der Waals surface area contributed by atoms with Gasteiger partial charge < -0.3 is 15.5 Å². The summed E-state index contributed by atoms with van der Waals surface area (Å²) in [4.78, 5) is 26.7. The van der Waals surface area contributed by atoms with E-state index >= 15 is 0 Å². The first kappa shape index (κ1) is 21.3. The zero-order valence-corrected chi connectivity index (χ0v) is 18.8. The van der Waals surface area contributed by atoms with Gasteiger partial charge in [-0.1, -0.05) is 42.5 Å². The first-order chi connectivity index (χ1) is 16.1. The third-order valence-electron chi connectivity index (χ3n) is 6.32. The quantitative estimate of drug-likeness (QED) is 0.514. The van der Waals surface area contributed by atoms with Crippen LogP contribution in [-0.4, -0.2) is 52.7 Å². The van der Waals surface area contributed by atoms with Crippen LogP contribution in [0, 0.1) is 0 Å².